The fourth-order valence-electron chi connectivity index (χ4n) is 2.65. The smallest absolute Gasteiger partial charge is 0.237 e. The van der Waals surface area contributed by atoms with E-state index in [9.17, 15) is 4.79 Å². The summed E-state index contributed by atoms with van der Waals surface area (Å²) in [5, 5.41) is 6.38. The monoisotopic (exact) mass is 276 g/mol. The zero-order chi connectivity index (χ0) is 14.4. The van der Waals surface area contributed by atoms with Gasteiger partial charge in [-0.25, -0.2) is 0 Å². The Morgan fingerprint density at radius 1 is 1.45 bits per heavy atom. The van der Waals surface area contributed by atoms with Crippen molar-refractivity contribution in [2.75, 3.05) is 13.7 Å². The van der Waals surface area contributed by atoms with Crippen molar-refractivity contribution in [1.29, 1.82) is 0 Å². The maximum absolute atomic E-state index is 12.3. The van der Waals surface area contributed by atoms with E-state index >= 15 is 0 Å². The molecule has 110 valence electrons. The van der Waals surface area contributed by atoms with Gasteiger partial charge in [-0.3, -0.25) is 4.79 Å². The Morgan fingerprint density at radius 2 is 2.20 bits per heavy atom. The molecule has 20 heavy (non-hydrogen) atoms. The molecule has 0 radical (unpaired) electrons. The van der Waals surface area contributed by atoms with Crippen LogP contribution in [0.5, 0.6) is 0 Å². The summed E-state index contributed by atoms with van der Waals surface area (Å²) in [7, 11) is 1.69. The van der Waals surface area contributed by atoms with E-state index in [1.54, 1.807) is 7.11 Å². The molecule has 1 saturated heterocycles. The van der Waals surface area contributed by atoms with Crippen molar-refractivity contribution in [2.24, 2.45) is 0 Å². The molecule has 3 unspecified atom stereocenters. The lowest BCUT2D eigenvalue weighted by Crippen LogP contribution is -2.42. The lowest BCUT2D eigenvalue weighted by molar-refractivity contribution is -0.123. The van der Waals surface area contributed by atoms with E-state index in [1.807, 2.05) is 18.2 Å². The van der Waals surface area contributed by atoms with Gasteiger partial charge >= 0.3 is 0 Å². The van der Waals surface area contributed by atoms with Gasteiger partial charge in [0.25, 0.3) is 0 Å². The van der Waals surface area contributed by atoms with E-state index in [1.165, 1.54) is 5.56 Å². The summed E-state index contributed by atoms with van der Waals surface area (Å²) in [5.74, 6) is 0.0758. The number of hydrogen-bond donors (Lipinski definition) is 2. The van der Waals surface area contributed by atoms with Crippen LogP contribution in [0.1, 0.15) is 37.8 Å². The van der Waals surface area contributed by atoms with Crippen molar-refractivity contribution in [2.45, 2.75) is 44.4 Å². The highest BCUT2D eigenvalue weighted by Gasteiger charge is 2.30. The molecule has 1 aromatic carbocycles. The standard InChI is InChI=1S/C16H24N2O2/c1-3-7-14(12-8-5-4-6-9-12)18-16(19)15-10-13(20-2)11-17-15/h4-6,8-9,13-15,17H,3,7,10-11H2,1-2H3,(H,18,19). The number of nitrogens with one attached hydrogen (secondary N) is 2. The summed E-state index contributed by atoms with van der Waals surface area (Å²) >= 11 is 0. The molecule has 1 aliphatic heterocycles. The minimum atomic E-state index is -0.136. The molecular weight excluding hydrogens is 252 g/mol. The van der Waals surface area contributed by atoms with Crippen LogP contribution in [-0.4, -0.2) is 31.7 Å². The number of ether oxygens (including phenoxy) is 1. The van der Waals surface area contributed by atoms with E-state index in [2.05, 4.69) is 29.7 Å². The van der Waals surface area contributed by atoms with Crippen molar-refractivity contribution < 1.29 is 9.53 Å². The number of amides is 1. The molecule has 1 aromatic rings. The Bertz CT molecular complexity index is 422. The first-order valence-electron chi connectivity index (χ1n) is 7.36. The van der Waals surface area contributed by atoms with E-state index < -0.39 is 0 Å². The van der Waals surface area contributed by atoms with E-state index in [4.69, 9.17) is 4.74 Å². The predicted molar refractivity (Wildman–Crippen MR) is 79.4 cm³/mol. The summed E-state index contributed by atoms with van der Waals surface area (Å²) in [6, 6.07) is 10.1. The number of rotatable bonds is 6. The summed E-state index contributed by atoms with van der Waals surface area (Å²) in [6.07, 6.45) is 2.89. The van der Waals surface area contributed by atoms with Crippen LogP contribution < -0.4 is 10.6 Å². The minimum absolute atomic E-state index is 0.0758. The molecule has 2 N–H and O–H groups in total. The predicted octanol–water partition coefficient (Wildman–Crippen LogP) is 2.02. The minimum Gasteiger partial charge on any atom is -0.380 e. The van der Waals surface area contributed by atoms with Crippen molar-refractivity contribution in [3.05, 3.63) is 35.9 Å². The molecule has 4 nitrogen and oxygen atoms in total. The van der Waals surface area contributed by atoms with Crippen LogP contribution in [0.3, 0.4) is 0 Å². The van der Waals surface area contributed by atoms with Gasteiger partial charge in [-0.15, -0.1) is 0 Å². The zero-order valence-corrected chi connectivity index (χ0v) is 12.3. The maximum Gasteiger partial charge on any atom is 0.237 e. The normalized spacial score (nSPS) is 23.5. The molecule has 3 atom stereocenters. The first-order chi connectivity index (χ1) is 9.74. The molecule has 2 rings (SSSR count). The van der Waals surface area contributed by atoms with Crippen LogP contribution in [0.4, 0.5) is 0 Å². The molecule has 0 bridgehead atoms. The molecule has 0 spiro atoms. The molecule has 4 heteroatoms. The highest BCUT2D eigenvalue weighted by atomic mass is 16.5. The van der Waals surface area contributed by atoms with Crippen LogP contribution >= 0.6 is 0 Å². The quantitative estimate of drug-likeness (QED) is 0.836. The van der Waals surface area contributed by atoms with E-state index in [-0.39, 0.29) is 24.1 Å². The zero-order valence-electron chi connectivity index (χ0n) is 12.3. The van der Waals surface area contributed by atoms with Crippen LogP contribution in [0, 0.1) is 0 Å². The third kappa shape index (κ3) is 3.81. The topological polar surface area (TPSA) is 50.4 Å². The molecule has 0 aliphatic carbocycles. The Labute approximate surface area is 120 Å². The lowest BCUT2D eigenvalue weighted by Gasteiger charge is -2.21. The van der Waals surface area contributed by atoms with Crippen molar-refractivity contribution in [3.63, 3.8) is 0 Å². The second-order valence-corrected chi connectivity index (χ2v) is 5.31. The highest BCUT2D eigenvalue weighted by molar-refractivity contribution is 5.82. The van der Waals surface area contributed by atoms with E-state index in [0.717, 1.165) is 25.8 Å². The van der Waals surface area contributed by atoms with Gasteiger partial charge < -0.3 is 15.4 Å². The maximum atomic E-state index is 12.3. The third-order valence-electron chi connectivity index (χ3n) is 3.84. The fraction of sp³-hybridized carbons (Fsp3) is 0.562. The molecule has 0 saturated carbocycles. The number of carbonyl (C=O) groups is 1. The molecular formula is C16H24N2O2. The molecule has 1 amide bonds. The number of carbonyl (C=O) groups excluding carboxylic acids is 1. The van der Waals surface area contributed by atoms with Gasteiger partial charge in [0.1, 0.15) is 0 Å². The molecule has 1 fully saturated rings. The average molecular weight is 276 g/mol. The molecule has 0 aromatic heterocycles. The molecule has 1 heterocycles. The van der Waals surface area contributed by atoms with Gasteiger partial charge in [0.05, 0.1) is 18.2 Å². The van der Waals surface area contributed by atoms with E-state index in [0.29, 0.717) is 0 Å². The summed E-state index contributed by atoms with van der Waals surface area (Å²) in [4.78, 5) is 12.3. The van der Waals surface area contributed by atoms with Crippen molar-refractivity contribution in [3.8, 4) is 0 Å². The van der Waals surface area contributed by atoms with Gasteiger partial charge in [-0.05, 0) is 18.4 Å². The second-order valence-electron chi connectivity index (χ2n) is 5.31. The largest absolute Gasteiger partial charge is 0.380 e. The number of benzene rings is 1. The first-order valence-corrected chi connectivity index (χ1v) is 7.36. The molecule has 1 aliphatic rings. The number of methoxy groups -OCH3 is 1. The van der Waals surface area contributed by atoms with Gasteiger partial charge in [-0.1, -0.05) is 43.7 Å². The Balaban J connectivity index is 1.96. The second kappa shape index (κ2) is 7.41. The third-order valence-corrected chi connectivity index (χ3v) is 3.84. The van der Waals surface area contributed by atoms with Gasteiger partial charge in [-0.2, -0.15) is 0 Å². The fourth-order valence-corrected chi connectivity index (χ4v) is 2.65. The average Bonchev–Trinajstić information content (AvgIpc) is 2.97. The van der Waals surface area contributed by atoms with Crippen LogP contribution in [-0.2, 0) is 9.53 Å². The van der Waals surface area contributed by atoms with Gasteiger partial charge in [0, 0.05) is 13.7 Å². The first kappa shape index (κ1) is 15.0. The Morgan fingerprint density at radius 3 is 2.80 bits per heavy atom. The summed E-state index contributed by atoms with van der Waals surface area (Å²) < 4.78 is 5.29. The summed E-state index contributed by atoms with van der Waals surface area (Å²) in [5.41, 5.74) is 1.17. The van der Waals surface area contributed by atoms with Gasteiger partial charge in [0.2, 0.25) is 5.91 Å². The van der Waals surface area contributed by atoms with Crippen LogP contribution in [0.15, 0.2) is 30.3 Å². The Kier molecular flexibility index (Phi) is 5.56. The van der Waals surface area contributed by atoms with Crippen molar-refractivity contribution >= 4 is 5.91 Å². The van der Waals surface area contributed by atoms with Gasteiger partial charge in [0.15, 0.2) is 0 Å². The number of hydrogen-bond acceptors (Lipinski definition) is 3. The Hall–Kier alpha value is -1.39. The van der Waals surface area contributed by atoms with Crippen molar-refractivity contribution in [1.82, 2.24) is 10.6 Å². The van der Waals surface area contributed by atoms with Crippen LogP contribution in [0.25, 0.3) is 0 Å². The lowest BCUT2D eigenvalue weighted by atomic mass is 10.0. The SMILES string of the molecule is CCCC(NC(=O)C1CC(OC)CN1)c1ccccc1. The summed E-state index contributed by atoms with van der Waals surface area (Å²) in [6.45, 7) is 2.88. The highest BCUT2D eigenvalue weighted by Crippen LogP contribution is 2.19. The van der Waals surface area contributed by atoms with Crippen LogP contribution in [0.2, 0.25) is 0 Å².